The highest BCUT2D eigenvalue weighted by atomic mass is 32.1. The van der Waals surface area contributed by atoms with Crippen molar-refractivity contribution in [2.24, 2.45) is 5.73 Å². The monoisotopic (exact) mass is 221 g/mol. The van der Waals surface area contributed by atoms with Gasteiger partial charge < -0.3 is 5.73 Å². The molecule has 0 aliphatic heterocycles. The Kier molecular flexibility index (Phi) is 2.57. The van der Waals surface area contributed by atoms with Gasteiger partial charge >= 0.3 is 0 Å². The Morgan fingerprint density at radius 3 is 2.73 bits per heavy atom. The molecule has 1 heterocycles. The fourth-order valence-corrected chi connectivity index (χ4v) is 4.72. The Morgan fingerprint density at radius 1 is 1.07 bits per heavy atom. The van der Waals surface area contributed by atoms with Gasteiger partial charge in [0.25, 0.3) is 0 Å². The largest absolute Gasteiger partial charge is 0.330 e. The molecule has 2 heteroatoms. The lowest BCUT2D eigenvalue weighted by Gasteiger charge is -2.23. The summed E-state index contributed by atoms with van der Waals surface area (Å²) in [5.41, 5.74) is 9.33. The van der Waals surface area contributed by atoms with Crippen LogP contribution >= 0.6 is 11.3 Å². The van der Waals surface area contributed by atoms with E-state index in [-0.39, 0.29) is 0 Å². The molecule has 82 valence electrons. The average Bonchev–Trinajstić information content (AvgIpc) is 2.67. The second kappa shape index (κ2) is 3.91. The van der Waals surface area contributed by atoms with Crippen molar-refractivity contribution in [3.8, 4) is 0 Å². The first kappa shape index (κ1) is 9.86. The molecule has 2 aliphatic carbocycles. The van der Waals surface area contributed by atoms with Crippen LogP contribution < -0.4 is 5.73 Å². The molecule has 0 amide bonds. The van der Waals surface area contributed by atoms with Crippen LogP contribution in [0.2, 0.25) is 0 Å². The van der Waals surface area contributed by atoms with Crippen molar-refractivity contribution < 1.29 is 0 Å². The van der Waals surface area contributed by atoms with Crippen LogP contribution in [-0.2, 0) is 19.3 Å². The van der Waals surface area contributed by atoms with Crippen molar-refractivity contribution >= 4 is 11.3 Å². The molecule has 2 N–H and O–H groups in total. The molecule has 15 heavy (non-hydrogen) atoms. The van der Waals surface area contributed by atoms with E-state index in [9.17, 15) is 0 Å². The fraction of sp³-hybridized carbons (Fsp3) is 0.692. The molecule has 1 nitrogen and oxygen atoms in total. The van der Waals surface area contributed by atoms with Crippen molar-refractivity contribution in [1.82, 2.24) is 0 Å². The molecule has 2 aliphatic rings. The average molecular weight is 221 g/mol. The third-order valence-electron chi connectivity index (χ3n) is 3.94. The minimum Gasteiger partial charge on any atom is -0.330 e. The van der Waals surface area contributed by atoms with E-state index in [1.807, 2.05) is 0 Å². The Morgan fingerprint density at radius 2 is 1.87 bits per heavy atom. The summed E-state index contributed by atoms with van der Waals surface area (Å²) in [5.74, 6) is 0.687. The van der Waals surface area contributed by atoms with Crippen LogP contribution in [0.1, 0.15) is 52.5 Å². The summed E-state index contributed by atoms with van der Waals surface area (Å²) in [5, 5.41) is 0. The first-order chi connectivity index (χ1) is 7.40. The summed E-state index contributed by atoms with van der Waals surface area (Å²) in [6.45, 7) is 0.857. The zero-order valence-corrected chi connectivity index (χ0v) is 10.0. The number of hydrogen-bond acceptors (Lipinski definition) is 2. The van der Waals surface area contributed by atoms with Crippen LogP contribution in [0.25, 0.3) is 0 Å². The zero-order valence-electron chi connectivity index (χ0n) is 9.22. The van der Waals surface area contributed by atoms with Crippen LogP contribution in [0, 0.1) is 0 Å². The summed E-state index contributed by atoms with van der Waals surface area (Å²) < 4.78 is 0. The maximum absolute atomic E-state index is 5.92. The number of rotatable bonds is 1. The fourth-order valence-electron chi connectivity index (χ4n) is 3.20. The molecule has 0 saturated carbocycles. The summed E-state index contributed by atoms with van der Waals surface area (Å²) in [6.07, 6.45) is 9.47. The van der Waals surface area contributed by atoms with Gasteiger partial charge in [-0.05, 0) is 68.5 Å². The van der Waals surface area contributed by atoms with Crippen LogP contribution in [0.5, 0.6) is 0 Å². The van der Waals surface area contributed by atoms with Crippen molar-refractivity contribution in [1.29, 1.82) is 0 Å². The summed E-state index contributed by atoms with van der Waals surface area (Å²) in [7, 11) is 0. The Hall–Kier alpha value is -0.340. The number of hydrogen-bond donors (Lipinski definition) is 1. The van der Waals surface area contributed by atoms with Crippen LogP contribution in [-0.4, -0.2) is 6.54 Å². The third-order valence-corrected chi connectivity index (χ3v) is 5.31. The number of fused-ring (bicyclic) bond motifs is 3. The maximum Gasteiger partial charge on any atom is 0.00863 e. The molecule has 1 aromatic heterocycles. The minimum absolute atomic E-state index is 0.687. The summed E-state index contributed by atoms with van der Waals surface area (Å²) >= 11 is 2.10. The van der Waals surface area contributed by atoms with Gasteiger partial charge in [0, 0.05) is 9.75 Å². The van der Waals surface area contributed by atoms with Gasteiger partial charge in [-0.15, -0.1) is 11.3 Å². The normalized spacial score (nSPS) is 24.7. The molecule has 0 radical (unpaired) electrons. The summed E-state index contributed by atoms with van der Waals surface area (Å²) in [4.78, 5) is 3.38. The van der Waals surface area contributed by atoms with Gasteiger partial charge in [0.05, 0.1) is 0 Å². The van der Waals surface area contributed by atoms with E-state index in [0.717, 1.165) is 6.54 Å². The zero-order chi connectivity index (χ0) is 10.3. The van der Waals surface area contributed by atoms with Gasteiger partial charge in [-0.2, -0.15) is 0 Å². The topological polar surface area (TPSA) is 26.0 Å². The van der Waals surface area contributed by atoms with Gasteiger partial charge in [0.1, 0.15) is 0 Å². The predicted molar refractivity (Wildman–Crippen MR) is 65.7 cm³/mol. The Labute approximate surface area is 95.7 Å². The van der Waals surface area contributed by atoms with E-state index in [1.54, 1.807) is 20.9 Å². The predicted octanol–water partition coefficient (Wildman–Crippen LogP) is 3.01. The van der Waals surface area contributed by atoms with Gasteiger partial charge in [0.2, 0.25) is 0 Å². The first-order valence-corrected chi connectivity index (χ1v) is 7.05. The first-order valence-electron chi connectivity index (χ1n) is 6.23. The molecule has 0 fully saturated rings. The molecule has 0 bridgehead atoms. The lowest BCUT2D eigenvalue weighted by atomic mass is 9.82. The van der Waals surface area contributed by atoms with E-state index in [4.69, 9.17) is 5.73 Å². The van der Waals surface area contributed by atoms with Crippen molar-refractivity contribution in [3.63, 3.8) is 0 Å². The molecule has 1 atom stereocenters. The molecular formula is C13H19NS. The highest BCUT2D eigenvalue weighted by Gasteiger charge is 2.27. The maximum atomic E-state index is 5.92. The number of nitrogens with two attached hydrogens (primary N) is 1. The van der Waals surface area contributed by atoms with Gasteiger partial charge in [-0.1, -0.05) is 0 Å². The molecule has 0 aromatic carbocycles. The van der Waals surface area contributed by atoms with Crippen LogP contribution in [0.15, 0.2) is 0 Å². The van der Waals surface area contributed by atoms with E-state index < -0.39 is 0 Å². The molecule has 3 rings (SSSR count). The minimum atomic E-state index is 0.687. The highest BCUT2D eigenvalue weighted by Crippen LogP contribution is 2.43. The number of aryl methyl sites for hydroxylation is 2. The third kappa shape index (κ3) is 1.55. The Balaban J connectivity index is 2.08. The lowest BCUT2D eigenvalue weighted by Crippen LogP contribution is -2.18. The standard InChI is InChI=1S/C13H19NS/c14-8-9-4-3-7-12-13(9)10-5-1-2-6-11(10)15-12/h9H,1-8,14H2. The second-order valence-corrected chi connectivity index (χ2v) is 6.06. The van der Waals surface area contributed by atoms with Crippen molar-refractivity contribution in [2.75, 3.05) is 6.54 Å². The van der Waals surface area contributed by atoms with Crippen LogP contribution in [0.4, 0.5) is 0 Å². The van der Waals surface area contributed by atoms with Gasteiger partial charge in [-0.25, -0.2) is 0 Å². The van der Waals surface area contributed by atoms with E-state index in [2.05, 4.69) is 11.3 Å². The SMILES string of the molecule is NCC1CCCc2sc3c(c21)CCCC3. The molecule has 0 spiro atoms. The van der Waals surface area contributed by atoms with E-state index in [1.165, 1.54) is 44.9 Å². The van der Waals surface area contributed by atoms with Gasteiger partial charge in [0.15, 0.2) is 0 Å². The summed E-state index contributed by atoms with van der Waals surface area (Å²) in [6, 6.07) is 0. The number of thiophene rings is 1. The van der Waals surface area contributed by atoms with Crippen molar-refractivity contribution in [2.45, 2.75) is 50.9 Å². The second-order valence-electron chi connectivity index (χ2n) is 4.87. The van der Waals surface area contributed by atoms with E-state index in [0.29, 0.717) is 5.92 Å². The lowest BCUT2D eigenvalue weighted by molar-refractivity contribution is 0.557. The molecular weight excluding hydrogens is 202 g/mol. The smallest absolute Gasteiger partial charge is 0.00863 e. The van der Waals surface area contributed by atoms with Gasteiger partial charge in [-0.3, -0.25) is 0 Å². The van der Waals surface area contributed by atoms with Crippen LogP contribution in [0.3, 0.4) is 0 Å². The van der Waals surface area contributed by atoms with Crippen molar-refractivity contribution in [3.05, 3.63) is 20.9 Å². The quantitative estimate of drug-likeness (QED) is 0.775. The molecule has 1 aromatic rings. The van der Waals surface area contributed by atoms with E-state index >= 15 is 0 Å². The highest BCUT2D eigenvalue weighted by molar-refractivity contribution is 7.12. The Bertz CT molecular complexity index is 367. The molecule has 1 unspecified atom stereocenters. The molecule has 0 saturated heterocycles.